The van der Waals surface area contributed by atoms with Gasteiger partial charge in [-0.25, -0.2) is 5.11 Å². The molecule has 2 heteroatoms. The molecule has 54 valence electrons. The van der Waals surface area contributed by atoms with Gasteiger partial charge in [0.2, 0.25) is 0 Å². The fourth-order valence-corrected chi connectivity index (χ4v) is 0.489. The second-order valence-corrected chi connectivity index (χ2v) is 2.09. The molecule has 0 saturated carbocycles. The summed E-state index contributed by atoms with van der Waals surface area (Å²) in [5.74, 6) is 0. The number of ether oxygens (including phenoxy) is 1. The molecule has 0 N–H and O–H groups in total. The van der Waals surface area contributed by atoms with Crippen molar-refractivity contribution < 1.29 is 9.84 Å². The van der Waals surface area contributed by atoms with Crippen LogP contribution in [0.4, 0.5) is 0 Å². The maximum Gasteiger partial charge on any atom is 0.0823 e. The summed E-state index contributed by atoms with van der Waals surface area (Å²) in [6, 6.07) is 0. The maximum atomic E-state index is 9.90. The lowest BCUT2D eigenvalue weighted by Gasteiger charge is -2.04. The molecule has 0 aromatic rings. The van der Waals surface area contributed by atoms with E-state index in [9.17, 15) is 5.11 Å². The Hall–Kier alpha value is -0.0800. The number of hydrogen-bond acceptors (Lipinski definition) is 1. The molecule has 2 nitrogen and oxygen atoms in total. The molecule has 0 saturated heterocycles. The predicted molar refractivity (Wildman–Crippen MR) is 35.6 cm³/mol. The summed E-state index contributed by atoms with van der Waals surface area (Å²) >= 11 is 0. The molecule has 0 aromatic heterocycles. The fraction of sp³-hybridized carbons (Fsp3) is 0.857. The van der Waals surface area contributed by atoms with Gasteiger partial charge in [-0.3, -0.25) is 0 Å². The SMILES string of the molecule is [CH2]C(C)OCCCC[O]. The van der Waals surface area contributed by atoms with E-state index in [0.717, 1.165) is 6.42 Å². The smallest absolute Gasteiger partial charge is 0.0823 e. The van der Waals surface area contributed by atoms with Crippen LogP contribution in [0.1, 0.15) is 19.8 Å². The average molecular weight is 130 g/mol. The van der Waals surface area contributed by atoms with Gasteiger partial charge in [0.1, 0.15) is 0 Å². The van der Waals surface area contributed by atoms with Crippen LogP contribution in [-0.4, -0.2) is 19.3 Å². The Morgan fingerprint density at radius 2 is 2.22 bits per heavy atom. The van der Waals surface area contributed by atoms with E-state index in [4.69, 9.17) is 4.74 Å². The molecule has 0 heterocycles. The van der Waals surface area contributed by atoms with E-state index < -0.39 is 0 Å². The van der Waals surface area contributed by atoms with Gasteiger partial charge in [0.05, 0.1) is 12.7 Å². The van der Waals surface area contributed by atoms with E-state index >= 15 is 0 Å². The van der Waals surface area contributed by atoms with Crippen LogP contribution >= 0.6 is 0 Å². The third kappa shape index (κ3) is 7.92. The number of rotatable bonds is 5. The van der Waals surface area contributed by atoms with Crippen molar-refractivity contribution >= 4 is 0 Å². The number of unbranched alkanes of at least 4 members (excludes halogenated alkanes) is 1. The molecule has 1 unspecified atom stereocenters. The first kappa shape index (κ1) is 8.92. The van der Waals surface area contributed by atoms with Gasteiger partial charge in [-0.1, -0.05) is 0 Å². The first-order valence-electron chi connectivity index (χ1n) is 3.30. The van der Waals surface area contributed by atoms with Gasteiger partial charge in [0, 0.05) is 6.61 Å². The van der Waals surface area contributed by atoms with Crippen LogP contribution in [0.2, 0.25) is 0 Å². The molecule has 0 aliphatic carbocycles. The lowest BCUT2D eigenvalue weighted by molar-refractivity contribution is 0.0848. The summed E-state index contributed by atoms with van der Waals surface area (Å²) in [6.45, 7) is 6.20. The Bertz CT molecular complexity index is 52.9. The average Bonchev–Trinajstić information content (AvgIpc) is 1.80. The topological polar surface area (TPSA) is 29.1 Å². The van der Waals surface area contributed by atoms with E-state index in [1.54, 1.807) is 0 Å². The molecule has 0 aliphatic rings. The van der Waals surface area contributed by atoms with Crippen LogP contribution in [0.5, 0.6) is 0 Å². The minimum atomic E-state index is 0.00881. The Kier molecular flexibility index (Phi) is 5.99. The molecule has 0 rings (SSSR count). The Labute approximate surface area is 56.8 Å². The van der Waals surface area contributed by atoms with Crippen molar-refractivity contribution in [2.24, 2.45) is 0 Å². The molecule has 0 fully saturated rings. The highest BCUT2D eigenvalue weighted by atomic mass is 16.5. The highest BCUT2D eigenvalue weighted by molar-refractivity contribution is 4.49. The van der Waals surface area contributed by atoms with E-state index in [1.165, 1.54) is 0 Å². The summed E-state index contributed by atoms with van der Waals surface area (Å²) < 4.78 is 5.09. The normalized spacial score (nSPS) is 10.7. The van der Waals surface area contributed by atoms with Gasteiger partial charge in [0.25, 0.3) is 0 Å². The fourth-order valence-electron chi connectivity index (χ4n) is 0.489. The van der Waals surface area contributed by atoms with E-state index in [1.807, 2.05) is 6.92 Å². The van der Waals surface area contributed by atoms with E-state index in [0.29, 0.717) is 13.0 Å². The lowest BCUT2D eigenvalue weighted by Crippen LogP contribution is -2.04. The van der Waals surface area contributed by atoms with Crippen LogP contribution in [0.25, 0.3) is 0 Å². The minimum absolute atomic E-state index is 0.00881. The Morgan fingerprint density at radius 1 is 1.56 bits per heavy atom. The molecule has 0 aliphatic heterocycles. The van der Waals surface area contributed by atoms with Gasteiger partial charge in [-0.15, -0.1) is 0 Å². The van der Waals surface area contributed by atoms with Crippen molar-refractivity contribution in [1.29, 1.82) is 0 Å². The van der Waals surface area contributed by atoms with Crippen LogP contribution in [0.3, 0.4) is 0 Å². The Morgan fingerprint density at radius 3 is 2.67 bits per heavy atom. The molecule has 2 radical (unpaired) electrons. The predicted octanol–water partition coefficient (Wildman–Crippen LogP) is 1.44. The van der Waals surface area contributed by atoms with Crippen molar-refractivity contribution in [3.8, 4) is 0 Å². The highest BCUT2D eigenvalue weighted by Crippen LogP contribution is 1.92. The highest BCUT2D eigenvalue weighted by Gasteiger charge is 1.91. The third-order valence-electron chi connectivity index (χ3n) is 0.941. The molecule has 0 amide bonds. The van der Waals surface area contributed by atoms with Crippen molar-refractivity contribution in [3.05, 3.63) is 6.92 Å². The second-order valence-electron chi connectivity index (χ2n) is 2.09. The first-order chi connectivity index (χ1) is 4.27. The van der Waals surface area contributed by atoms with Crippen molar-refractivity contribution in [2.45, 2.75) is 25.9 Å². The van der Waals surface area contributed by atoms with Gasteiger partial charge in [0.15, 0.2) is 0 Å². The monoisotopic (exact) mass is 130 g/mol. The molecular formula is C7H14O2. The summed E-state index contributed by atoms with van der Waals surface area (Å²) in [7, 11) is 0. The van der Waals surface area contributed by atoms with Crippen LogP contribution in [0, 0.1) is 6.92 Å². The first-order valence-corrected chi connectivity index (χ1v) is 3.30. The van der Waals surface area contributed by atoms with Crippen molar-refractivity contribution in [1.82, 2.24) is 0 Å². The summed E-state index contributed by atoms with van der Waals surface area (Å²) in [5, 5.41) is 9.90. The molecule has 0 bridgehead atoms. The third-order valence-corrected chi connectivity index (χ3v) is 0.941. The van der Waals surface area contributed by atoms with E-state index in [2.05, 4.69) is 6.92 Å². The summed E-state index contributed by atoms with van der Waals surface area (Å²) in [5.41, 5.74) is 0. The largest absolute Gasteiger partial charge is 0.379 e. The minimum Gasteiger partial charge on any atom is -0.379 e. The van der Waals surface area contributed by atoms with Crippen molar-refractivity contribution in [3.63, 3.8) is 0 Å². The van der Waals surface area contributed by atoms with Crippen LogP contribution in [-0.2, 0) is 9.84 Å². The zero-order valence-electron chi connectivity index (χ0n) is 5.93. The molecular weight excluding hydrogens is 116 g/mol. The maximum absolute atomic E-state index is 9.90. The van der Waals surface area contributed by atoms with Gasteiger partial charge in [-0.2, -0.15) is 0 Å². The zero-order chi connectivity index (χ0) is 7.11. The standard InChI is InChI=1S/C7H14O2/c1-7(2)9-6-4-3-5-8/h7H,1,3-6H2,2H3. The summed E-state index contributed by atoms with van der Waals surface area (Å²) in [6.07, 6.45) is 1.63. The van der Waals surface area contributed by atoms with Crippen LogP contribution < -0.4 is 0 Å². The summed E-state index contributed by atoms with van der Waals surface area (Å²) in [4.78, 5) is 0. The Balaban J connectivity index is 2.75. The quantitative estimate of drug-likeness (QED) is 0.518. The second kappa shape index (κ2) is 6.05. The zero-order valence-corrected chi connectivity index (χ0v) is 5.93. The molecule has 9 heavy (non-hydrogen) atoms. The van der Waals surface area contributed by atoms with Gasteiger partial charge in [-0.05, 0) is 26.7 Å². The van der Waals surface area contributed by atoms with E-state index in [-0.39, 0.29) is 12.7 Å². The number of hydrogen-bond donors (Lipinski definition) is 0. The van der Waals surface area contributed by atoms with Gasteiger partial charge < -0.3 is 4.74 Å². The molecule has 0 spiro atoms. The van der Waals surface area contributed by atoms with Crippen LogP contribution in [0.15, 0.2) is 0 Å². The van der Waals surface area contributed by atoms with Gasteiger partial charge >= 0.3 is 0 Å². The molecule has 0 aromatic carbocycles. The lowest BCUT2D eigenvalue weighted by atomic mass is 10.3. The molecule has 1 atom stereocenters. The van der Waals surface area contributed by atoms with Crippen molar-refractivity contribution in [2.75, 3.05) is 13.2 Å².